The second-order valence-corrected chi connectivity index (χ2v) is 1.82. The van der Waals surface area contributed by atoms with Gasteiger partial charge in [0.25, 0.3) is 0 Å². The molecular weight excluding hydrogens is 167 g/mol. The number of hydrogen-bond donors (Lipinski definition) is 2. The van der Waals surface area contributed by atoms with Gasteiger partial charge in [-0.2, -0.15) is 0 Å². The molecule has 0 unspecified atom stereocenters. The monoisotopic (exact) mass is 176 g/mol. The summed E-state index contributed by atoms with van der Waals surface area (Å²) in [5.41, 5.74) is -0.0671. The van der Waals surface area contributed by atoms with Gasteiger partial charge in [0.2, 0.25) is 0 Å². The molecule has 0 radical (unpaired) electrons. The Balaban J connectivity index is 0. The standard InChI is InChI=1S/C7H6O3.CH3.Na/c8-6-4-2-1-3-5(6)7(9)10;;/h1-4,8H,(H,9,10);1H3;/q;-1;+1. The van der Waals surface area contributed by atoms with Crippen LogP contribution in [-0.4, -0.2) is 16.2 Å². The molecule has 0 aliphatic heterocycles. The molecule has 0 fully saturated rings. The molecule has 0 saturated carbocycles. The zero-order chi connectivity index (χ0) is 7.56. The largest absolute Gasteiger partial charge is 1.00 e. The third-order valence-electron chi connectivity index (χ3n) is 1.13. The number of para-hydroxylation sites is 1. The van der Waals surface area contributed by atoms with Crippen LogP contribution in [-0.2, 0) is 0 Å². The number of phenols is 1. The summed E-state index contributed by atoms with van der Waals surface area (Å²) in [6.07, 6.45) is 0. The van der Waals surface area contributed by atoms with Crippen molar-refractivity contribution in [2.75, 3.05) is 0 Å². The normalized spacial score (nSPS) is 7.67. The van der Waals surface area contributed by atoms with Crippen LogP contribution < -0.4 is 29.6 Å². The first kappa shape index (κ1) is 14.0. The van der Waals surface area contributed by atoms with Crippen molar-refractivity contribution >= 4 is 5.97 Å². The zero-order valence-corrected chi connectivity index (χ0v) is 9.11. The van der Waals surface area contributed by atoms with Gasteiger partial charge in [0, 0.05) is 0 Å². The Bertz CT molecular complexity index is 260. The Morgan fingerprint density at radius 2 is 1.75 bits per heavy atom. The van der Waals surface area contributed by atoms with Gasteiger partial charge in [-0.15, -0.1) is 0 Å². The molecule has 0 saturated heterocycles. The molecule has 0 amide bonds. The van der Waals surface area contributed by atoms with Gasteiger partial charge in [-0.25, -0.2) is 4.79 Å². The van der Waals surface area contributed by atoms with E-state index in [0.717, 1.165) is 0 Å². The molecule has 1 aromatic rings. The van der Waals surface area contributed by atoms with E-state index in [1.54, 1.807) is 12.1 Å². The van der Waals surface area contributed by atoms with Crippen LogP contribution in [0.15, 0.2) is 24.3 Å². The van der Waals surface area contributed by atoms with Crippen molar-refractivity contribution in [2.24, 2.45) is 0 Å². The molecule has 0 aliphatic rings. The molecule has 3 nitrogen and oxygen atoms in total. The first-order valence-electron chi connectivity index (χ1n) is 2.73. The van der Waals surface area contributed by atoms with Crippen molar-refractivity contribution in [3.63, 3.8) is 0 Å². The van der Waals surface area contributed by atoms with Crippen molar-refractivity contribution in [1.29, 1.82) is 0 Å². The second-order valence-electron chi connectivity index (χ2n) is 1.82. The summed E-state index contributed by atoms with van der Waals surface area (Å²) in [5.74, 6) is -1.31. The van der Waals surface area contributed by atoms with Gasteiger partial charge in [-0.05, 0) is 12.1 Å². The predicted octanol–water partition coefficient (Wildman–Crippen LogP) is -1.46. The van der Waals surface area contributed by atoms with Crippen LogP contribution in [0.5, 0.6) is 5.75 Å². The molecule has 4 heteroatoms. The van der Waals surface area contributed by atoms with E-state index in [2.05, 4.69) is 0 Å². The number of benzene rings is 1. The fourth-order valence-electron chi connectivity index (χ4n) is 0.654. The summed E-state index contributed by atoms with van der Waals surface area (Å²) >= 11 is 0. The third kappa shape index (κ3) is 3.26. The fraction of sp³-hybridized carbons (Fsp3) is 0. The smallest absolute Gasteiger partial charge is 0.507 e. The summed E-state index contributed by atoms with van der Waals surface area (Å²) in [4.78, 5) is 10.3. The third-order valence-corrected chi connectivity index (χ3v) is 1.13. The van der Waals surface area contributed by atoms with Crippen LogP contribution in [0.3, 0.4) is 0 Å². The van der Waals surface area contributed by atoms with Crippen molar-refractivity contribution < 1.29 is 44.6 Å². The fourth-order valence-corrected chi connectivity index (χ4v) is 0.654. The van der Waals surface area contributed by atoms with Gasteiger partial charge in [0.1, 0.15) is 11.3 Å². The van der Waals surface area contributed by atoms with Crippen LogP contribution in [0.4, 0.5) is 0 Å². The van der Waals surface area contributed by atoms with E-state index < -0.39 is 5.97 Å². The van der Waals surface area contributed by atoms with E-state index in [-0.39, 0.29) is 48.3 Å². The minimum atomic E-state index is -1.11. The summed E-state index contributed by atoms with van der Waals surface area (Å²) < 4.78 is 0. The topological polar surface area (TPSA) is 57.5 Å². The second kappa shape index (κ2) is 6.06. The Morgan fingerprint density at radius 1 is 1.25 bits per heavy atom. The molecule has 0 bridgehead atoms. The summed E-state index contributed by atoms with van der Waals surface area (Å²) in [7, 11) is 0. The van der Waals surface area contributed by atoms with Crippen LogP contribution in [0.2, 0.25) is 0 Å². The summed E-state index contributed by atoms with van der Waals surface area (Å²) in [6.45, 7) is 0. The minimum absolute atomic E-state index is 0. The maximum absolute atomic E-state index is 10.3. The van der Waals surface area contributed by atoms with Crippen LogP contribution >= 0.6 is 0 Å². The van der Waals surface area contributed by atoms with E-state index in [1.165, 1.54) is 12.1 Å². The first-order valence-corrected chi connectivity index (χ1v) is 2.73. The van der Waals surface area contributed by atoms with Gasteiger partial charge in [0.05, 0.1) is 0 Å². The van der Waals surface area contributed by atoms with Crippen molar-refractivity contribution in [3.8, 4) is 5.75 Å². The number of carbonyl (C=O) groups is 1. The van der Waals surface area contributed by atoms with Crippen molar-refractivity contribution in [1.82, 2.24) is 0 Å². The van der Waals surface area contributed by atoms with Crippen LogP contribution in [0.1, 0.15) is 10.4 Å². The molecule has 0 spiro atoms. The molecule has 1 rings (SSSR count). The zero-order valence-electron chi connectivity index (χ0n) is 7.11. The Kier molecular flexibility index (Phi) is 7.09. The average molecular weight is 176 g/mol. The number of carboxylic acid groups (broad SMARTS) is 1. The Hall–Kier alpha value is -0.510. The first-order chi connectivity index (χ1) is 4.72. The van der Waals surface area contributed by atoms with Gasteiger partial charge < -0.3 is 17.6 Å². The maximum atomic E-state index is 10.3. The molecule has 0 atom stereocenters. The molecule has 12 heavy (non-hydrogen) atoms. The number of aromatic hydroxyl groups is 1. The molecule has 1 aromatic carbocycles. The average Bonchev–Trinajstić information content (AvgIpc) is 1.88. The van der Waals surface area contributed by atoms with E-state index in [4.69, 9.17) is 10.2 Å². The predicted molar refractivity (Wildman–Crippen MR) is 41.5 cm³/mol. The van der Waals surface area contributed by atoms with Crippen molar-refractivity contribution in [2.45, 2.75) is 0 Å². The minimum Gasteiger partial charge on any atom is -0.507 e. The number of carboxylic acids is 1. The molecule has 2 N–H and O–H groups in total. The maximum Gasteiger partial charge on any atom is 1.00 e. The van der Waals surface area contributed by atoms with Crippen LogP contribution in [0.25, 0.3) is 0 Å². The van der Waals surface area contributed by atoms with Gasteiger partial charge in [0.15, 0.2) is 0 Å². The summed E-state index contributed by atoms with van der Waals surface area (Å²) in [6, 6.07) is 5.81. The molecular formula is C8H9NaO3. The van der Waals surface area contributed by atoms with Gasteiger partial charge in [-0.3, -0.25) is 0 Å². The Labute approximate surface area is 93.3 Å². The quantitative estimate of drug-likeness (QED) is 0.406. The van der Waals surface area contributed by atoms with Crippen molar-refractivity contribution in [3.05, 3.63) is 37.3 Å². The van der Waals surface area contributed by atoms with E-state index >= 15 is 0 Å². The molecule has 60 valence electrons. The van der Waals surface area contributed by atoms with Gasteiger partial charge in [-0.1, -0.05) is 12.1 Å². The van der Waals surface area contributed by atoms with E-state index in [1.807, 2.05) is 0 Å². The van der Waals surface area contributed by atoms with Crippen LogP contribution in [0, 0.1) is 7.43 Å². The molecule has 0 aromatic heterocycles. The molecule has 0 aliphatic carbocycles. The Morgan fingerprint density at radius 3 is 2.08 bits per heavy atom. The molecule has 0 heterocycles. The number of rotatable bonds is 1. The van der Waals surface area contributed by atoms with E-state index in [0.29, 0.717) is 0 Å². The number of aromatic carboxylic acids is 1. The van der Waals surface area contributed by atoms with Gasteiger partial charge >= 0.3 is 35.5 Å². The van der Waals surface area contributed by atoms with E-state index in [9.17, 15) is 4.79 Å². The summed E-state index contributed by atoms with van der Waals surface area (Å²) in [5, 5.41) is 17.3. The SMILES string of the molecule is O=C(O)c1ccccc1O.[CH3-].[Na+]. The number of hydrogen-bond acceptors (Lipinski definition) is 2.